The monoisotopic (exact) mass is 672 g/mol. The molecule has 0 N–H and O–H groups in total. The fraction of sp³-hybridized carbons (Fsp3) is 0.0444. The number of anilines is 2. The summed E-state index contributed by atoms with van der Waals surface area (Å²) in [5.41, 5.74) is 8.61. The molecule has 4 heterocycles. The van der Waals surface area contributed by atoms with Crippen molar-refractivity contribution in [3.63, 3.8) is 0 Å². The van der Waals surface area contributed by atoms with Gasteiger partial charge >= 0.3 is 0 Å². The summed E-state index contributed by atoms with van der Waals surface area (Å²) in [6.45, 7) is 0. The van der Waals surface area contributed by atoms with Crippen LogP contribution in [-0.4, -0.2) is 21.0 Å². The van der Waals surface area contributed by atoms with Gasteiger partial charge in [-0.25, -0.2) is 15.0 Å². The first-order chi connectivity index (χ1) is 25.3. The number of hydrogen-bond acceptors (Lipinski definition) is 6. The molecule has 0 amide bonds. The molecule has 1 aliphatic heterocycles. The maximum absolute atomic E-state index is 6.54. The lowest BCUT2D eigenvalue weighted by Crippen LogP contribution is -2.30. The van der Waals surface area contributed by atoms with Crippen molar-refractivity contribution in [2.24, 2.45) is 0 Å². The molecule has 2 aliphatic rings. The van der Waals surface area contributed by atoms with Crippen LogP contribution in [0.4, 0.5) is 11.4 Å². The highest BCUT2D eigenvalue weighted by Gasteiger charge is 2.43. The number of rotatable bonds is 4. The Labute approximate surface area is 297 Å². The van der Waals surface area contributed by atoms with Crippen LogP contribution in [0, 0.1) is 0 Å². The van der Waals surface area contributed by atoms with Crippen LogP contribution >= 0.6 is 11.3 Å². The summed E-state index contributed by atoms with van der Waals surface area (Å²) in [5, 5.41) is 3.55. The smallest absolute Gasteiger partial charge is 0.164 e. The summed E-state index contributed by atoms with van der Waals surface area (Å²) in [7, 11) is 0. The van der Waals surface area contributed by atoms with Crippen molar-refractivity contribution < 1.29 is 4.42 Å². The molecule has 0 saturated carbocycles. The minimum absolute atomic E-state index is 0.110. The Morgan fingerprint density at radius 2 is 1.20 bits per heavy atom. The second-order valence-corrected chi connectivity index (χ2v) is 14.2. The van der Waals surface area contributed by atoms with Gasteiger partial charge in [-0.1, -0.05) is 91.0 Å². The minimum atomic E-state index is 0.110. The fourth-order valence-corrected chi connectivity index (χ4v) is 9.09. The van der Waals surface area contributed by atoms with Crippen LogP contribution in [0.2, 0.25) is 0 Å². The van der Waals surface area contributed by atoms with Gasteiger partial charge in [0.2, 0.25) is 0 Å². The third kappa shape index (κ3) is 4.43. The van der Waals surface area contributed by atoms with Gasteiger partial charge in [0, 0.05) is 65.1 Å². The van der Waals surface area contributed by atoms with E-state index in [1.807, 2.05) is 29.5 Å². The van der Waals surface area contributed by atoms with Gasteiger partial charge in [0.05, 0.1) is 6.04 Å². The highest BCUT2D eigenvalue weighted by Crippen LogP contribution is 2.53. The molecule has 6 aromatic carbocycles. The van der Waals surface area contributed by atoms with Gasteiger partial charge < -0.3 is 9.32 Å². The van der Waals surface area contributed by atoms with Crippen LogP contribution in [-0.2, 0) is 0 Å². The van der Waals surface area contributed by atoms with Crippen molar-refractivity contribution in [2.75, 3.05) is 4.90 Å². The SMILES string of the molecule is C1=CC2C(c3ccccc3N2c2ccccc2)c2c1oc1ccc(-c3nc(-c4ccccc4)nc(-c4ccc5sc6ccccc6c5c4)n3)cc21. The number of fused-ring (bicyclic) bond motifs is 10. The number of para-hydroxylation sites is 2. The molecule has 11 rings (SSSR count). The van der Waals surface area contributed by atoms with E-state index in [4.69, 9.17) is 19.4 Å². The van der Waals surface area contributed by atoms with Gasteiger partial charge in [0.25, 0.3) is 0 Å². The minimum Gasteiger partial charge on any atom is -0.456 e. The Morgan fingerprint density at radius 1 is 0.549 bits per heavy atom. The largest absolute Gasteiger partial charge is 0.456 e. The number of nitrogens with zero attached hydrogens (tertiary/aromatic N) is 4. The Balaban J connectivity index is 1.08. The molecule has 2 atom stereocenters. The number of aromatic nitrogens is 3. The Morgan fingerprint density at radius 3 is 2.02 bits per heavy atom. The maximum Gasteiger partial charge on any atom is 0.164 e. The molecular formula is C45H28N4OS. The second-order valence-electron chi connectivity index (χ2n) is 13.2. The van der Waals surface area contributed by atoms with E-state index in [0.717, 1.165) is 33.4 Å². The summed E-state index contributed by atoms with van der Waals surface area (Å²) in [6.07, 6.45) is 4.44. The van der Waals surface area contributed by atoms with Crippen LogP contribution in [0.25, 0.3) is 71.4 Å². The molecule has 9 aromatic rings. The molecule has 0 spiro atoms. The normalized spacial score (nSPS) is 16.1. The molecule has 6 heteroatoms. The molecule has 51 heavy (non-hydrogen) atoms. The van der Waals surface area contributed by atoms with Crippen molar-refractivity contribution in [3.05, 3.63) is 169 Å². The van der Waals surface area contributed by atoms with E-state index in [0.29, 0.717) is 17.5 Å². The lowest BCUT2D eigenvalue weighted by molar-refractivity contribution is 0.584. The molecule has 1 aliphatic carbocycles. The second kappa shape index (κ2) is 11.1. The van der Waals surface area contributed by atoms with Gasteiger partial charge in [-0.3, -0.25) is 0 Å². The summed E-state index contributed by atoms with van der Waals surface area (Å²) in [6, 6.07) is 51.2. The molecule has 5 nitrogen and oxygen atoms in total. The standard InChI is InChI=1S/C45H28N4OS/c1-3-11-27(12-4-1)43-46-44(48-45(47-43)29-20-24-40-33(25-29)31-15-8-10-18-39(31)51-40)28-19-22-37-34(26-28)42-38(50-37)23-21-36-41(42)32-16-7-9-17-35(32)49(36)30-13-5-2-6-14-30/h1-26,36,41H. The number of furan rings is 1. The summed E-state index contributed by atoms with van der Waals surface area (Å²) in [5.74, 6) is 2.94. The molecule has 0 fully saturated rings. The van der Waals surface area contributed by atoms with Crippen molar-refractivity contribution in [2.45, 2.75) is 12.0 Å². The van der Waals surface area contributed by atoms with E-state index < -0.39 is 0 Å². The molecular weight excluding hydrogens is 645 g/mol. The van der Waals surface area contributed by atoms with Crippen LogP contribution in [0.3, 0.4) is 0 Å². The zero-order valence-corrected chi connectivity index (χ0v) is 28.1. The predicted octanol–water partition coefficient (Wildman–Crippen LogP) is 11.7. The summed E-state index contributed by atoms with van der Waals surface area (Å²) >= 11 is 1.81. The van der Waals surface area contributed by atoms with Gasteiger partial charge in [-0.05, 0) is 72.3 Å². The van der Waals surface area contributed by atoms with Gasteiger partial charge in [-0.15, -0.1) is 11.3 Å². The highest BCUT2D eigenvalue weighted by atomic mass is 32.1. The van der Waals surface area contributed by atoms with Gasteiger partial charge in [0.15, 0.2) is 17.5 Å². The Hall–Kier alpha value is -6.37. The summed E-state index contributed by atoms with van der Waals surface area (Å²) < 4.78 is 9.07. The Bertz CT molecular complexity index is 2840. The fourth-order valence-electron chi connectivity index (χ4n) is 8.01. The number of thiophene rings is 1. The van der Waals surface area contributed by atoms with Crippen molar-refractivity contribution >= 4 is 59.9 Å². The van der Waals surface area contributed by atoms with Crippen LogP contribution < -0.4 is 4.90 Å². The van der Waals surface area contributed by atoms with E-state index in [9.17, 15) is 0 Å². The lowest BCUT2D eigenvalue weighted by atomic mass is 9.82. The maximum atomic E-state index is 6.54. The third-order valence-corrected chi connectivity index (χ3v) is 11.4. The average molecular weight is 673 g/mol. The topological polar surface area (TPSA) is 55.1 Å². The van der Waals surface area contributed by atoms with Crippen LogP contribution in [0.15, 0.2) is 156 Å². The van der Waals surface area contributed by atoms with E-state index >= 15 is 0 Å². The third-order valence-electron chi connectivity index (χ3n) is 10.3. The quantitative estimate of drug-likeness (QED) is 0.186. The average Bonchev–Trinajstić information content (AvgIpc) is 3.87. The Kier molecular flexibility index (Phi) is 6.18. The first-order valence-electron chi connectivity index (χ1n) is 17.2. The summed E-state index contributed by atoms with van der Waals surface area (Å²) in [4.78, 5) is 17.7. The van der Waals surface area contributed by atoms with E-state index in [1.54, 1.807) is 0 Å². The molecule has 0 bridgehead atoms. The first-order valence-corrected chi connectivity index (χ1v) is 18.0. The van der Waals surface area contributed by atoms with Crippen molar-refractivity contribution in [1.29, 1.82) is 0 Å². The van der Waals surface area contributed by atoms with Crippen molar-refractivity contribution in [1.82, 2.24) is 15.0 Å². The molecule has 0 radical (unpaired) electrons. The molecule has 240 valence electrons. The van der Waals surface area contributed by atoms with Crippen molar-refractivity contribution in [3.8, 4) is 34.2 Å². The highest BCUT2D eigenvalue weighted by molar-refractivity contribution is 7.25. The van der Waals surface area contributed by atoms with E-state index in [1.165, 1.54) is 42.7 Å². The zero-order valence-electron chi connectivity index (χ0n) is 27.3. The van der Waals surface area contributed by atoms with Gasteiger partial charge in [-0.2, -0.15) is 0 Å². The number of hydrogen-bond donors (Lipinski definition) is 0. The molecule has 0 saturated heterocycles. The molecule has 3 aromatic heterocycles. The number of benzene rings is 6. The van der Waals surface area contributed by atoms with E-state index in [-0.39, 0.29) is 12.0 Å². The van der Waals surface area contributed by atoms with Gasteiger partial charge in [0.1, 0.15) is 11.3 Å². The predicted molar refractivity (Wildman–Crippen MR) is 208 cm³/mol. The van der Waals surface area contributed by atoms with Crippen LogP contribution in [0.5, 0.6) is 0 Å². The first kappa shape index (κ1) is 28.5. The lowest BCUT2D eigenvalue weighted by Gasteiger charge is -2.30. The van der Waals surface area contributed by atoms with Crippen LogP contribution in [0.1, 0.15) is 22.8 Å². The van der Waals surface area contributed by atoms with E-state index in [2.05, 4.69) is 144 Å². The zero-order chi connectivity index (χ0) is 33.5. The molecule has 2 unspecified atom stereocenters.